The highest BCUT2D eigenvalue weighted by atomic mass is 16.4. The Bertz CT molecular complexity index is 484. The predicted octanol–water partition coefficient (Wildman–Crippen LogP) is 2.03. The van der Waals surface area contributed by atoms with Crippen LogP contribution < -0.4 is 10.6 Å². The molecule has 5 heteroatoms. The maximum Gasteiger partial charge on any atom is 0.335 e. The molecule has 0 spiro atoms. The fourth-order valence-electron chi connectivity index (χ4n) is 2.12. The van der Waals surface area contributed by atoms with Crippen molar-refractivity contribution in [2.24, 2.45) is 5.92 Å². The third-order valence-corrected chi connectivity index (χ3v) is 3.46. The number of benzene rings is 1. The van der Waals surface area contributed by atoms with Gasteiger partial charge in [-0.25, -0.2) is 9.59 Å². The van der Waals surface area contributed by atoms with Crippen LogP contribution in [0.4, 0.5) is 4.79 Å². The first-order chi connectivity index (χ1) is 9.66. The number of urea groups is 1. The second-order valence-electron chi connectivity index (χ2n) is 5.13. The number of hydrogen-bond donors (Lipinski definition) is 3. The molecule has 1 aliphatic carbocycles. The molecule has 108 valence electrons. The molecule has 1 aliphatic rings. The van der Waals surface area contributed by atoms with Gasteiger partial charge in [0.25, 0.3) is 0 Å². The third-order valence-electron chi connectivity index (χ3n) is 3.46. The Hall–Kier alpha value is -2.04. The summed E-state index contributed by atoms with van der Waals surface area (Å²) in [6, 6.07) is 6.67. The number of hydrogen-bond acceptors (Lipinski definition) is 2. The van der Waals surface area contributed by atoms with E-state index in [9.17, 15) is 9.59 Å². The molecule has 2 rings (SSSR count). The Labute approximate surface area is 118 Å². The first-order valence-corrected chi connectivity index (χ1v) is 6.99. The number of aromatic carboxylic acids is 1. The lowest BCUT2D eigenvalue weighted by atomic mass is 10.0. The zero-order valence-electron chi connectivity index (χ0n) is 11.4. The average Bonchev–Trinajstić information content (AvgIpc) is 3.23. The quantitative estimate of drug-likeness (QED) is 0.713. The molecule has 5 nitrogen and oxygen atoms in total. The number of carbonyl (C=O) groups excluding carboxylic acids is 1. The van der Waals surface area contributed by atoms with Crippen molar-refractivity contribution in [1.29, 1.82) is 0 Å². The van der Waals surface area contributed by atoms with Crippen molar-refractivity contribution in [2.75, 3.05) is 13.1 Å². The lowest BCUT2D eigenvalue weighted by Crippen LogP contribution is -2.37. The van der Waals surface area contributed by atoms with Gasteiger partial charge in [-0.1, -0.05) is 31.0 Å². The predicted molar refractivity (Wildman–Crippen MR) is 75.8 cm³/mol. The first kappa shape index (κ1) is 14.4. The lowest BCUT2D eigenvalue weighted by Gasteiger charge is -2.08. The summed E-state index contributed by atoms with van der Waals surface area (Å²) < 4.78 is 0. The molecule has 20 heavy (non-hydrogen) atoms. The molecule has 0 heterocycles. The Morgan fingerprint density at radius 3 is 2.55 bits per heavy atom. The summed E-state index contributed by atoms with van der Waals surface area (Å²) in [6.07, 6.45) is 4.14. The Kier molecular flexibility index (Phi) is 4.98. The van der Waals surface area contributed by atoms with E-state index in [0.717, 1.165) is 17.9 Å². The second kappa shape index (κ2) is 6.93. The summed E-state index contributed by atoms with van der Waals surface area (Å²) in [5.41, 5.74) is 1.03. The molecular formula is C15H20N2O3. The molecule has 1 aromatic rings. The number of carboxylic acids is 1. The van der Waals surface area contributed by atoms with Gasteiger partial charge in [-0.2, -0.15) is 0 Å². The summed E-state index contributed by atoms with van der Waals surface area (Å²) in [6.45, 7) is 1.14. The SMILES string of the molecule is O=C(NCCc1ccccc1C(=O)O)NCCC1CC1. The number of amides is 2. The van der Waals surface area contributed by atoms with E-state index in [1.165, 1.54) is 12.8 Å². The van der Waals surface area contributed by atoms with E-state index in [1.54, 1.807) is 24.3 Å². The minimum atomic E-state index is -0.936. The van der Waals surface area contributed by atoms with Crippen LogP contribution >= 0.6 is 0 Å². The van der Waals surface area contributed by atoms with Crippen LogP contribution in [0.2, 0.25) is 0 Å². The summed E-state index contributed by atoms with van der Waals surface area (Å²) in [7, 11) is 0. The van der Waals surface area contributed by atoms with Gasteiger partial charge in [0.05, 0.1) is 5.56 Å². The molecule has 3 N–H and O–H groups in total. The van der Waals surface area contributed by atoms with Gasteiger partial charge in [-0.15, -0.1) is 0 Å². The van der Waals surface area contributed by atoms with Gasteiger partial charge < -0.3 is 15.7 Å². The Morgan fingerprint density at radius 1 is 1.15 bits per heavy atom. The van der Waals surface area contributed by atoms with Crippen molar-refractivity contribution >= 4 is 12.0 Å². The van der Waals surface area contributed by atoms with E-state index >= 15 is 0 Å². The van der Waals surface area contributed by atoms with Crippen LogP contribution in [0.5, 0.6) is 0 Å². The van der Waals surface area contributed by atoms with Crippen LogP contribution in [0.15, 0.2) is 24.3 Å². The molecule has 1 aromatic carbocycles. The van der Waals surface area contributed by atoms with Crippen LogP contribution in [0.25, 0.3) is 0 Å². The van der Waals surface area contributed by atoms with E-state index in [-0.39, 0.29) is 6.03 Å². The first-order valence-electron chi connectivity index (χ1n) is 6.99. The largest absolute Gasteiger partial charge is 0.478 e. The van der Waals surface area contributed by atoms with Crippen molar-refractivity contribution in [2.45, 2.75) is 25.7 Å². The van der Waals surface area contributed by atoms with Crippen LogP contribution in [0.3, 0.4) is 0 Å². The highest BCUT2D eigenvalue weighted by molar-refractivity contribution is 5.89. The topological polar surface area (TPSA) is 78.4 Å². The summed E-state index contributed by atoms with van der Waals surface area (Å²) >= 11 is 0. The van der Waals surface area contributed by atoms with Gasteiger partial charge in [0.2, 0.25) is 0 Å². The fourth-order valence-corrected chi connectivity index (χ4v) is 2.12. The molecule has 0 aromatic heterocycles. The summed E-state index contributed by atoms with van der Waals surface area (Å²) in [5.74, 6) is -0.132. The van der Waals surface area contributed by atoms with Gasteiger partial charge in [-0.3, -0.25) is 0 Å². The van der Waals surface area contributed by atoms with Crippen molar-refractivity contribution < 1.29 is 14.7 Å². The van der Waals surface area contributed by atoms with Crippen molar-refractivity contribution in [3.05, 3.63) is 35.4 Å². The smallest absolute Gasteiger partial charge is 0.335 e. The van der Waals surface area contributed by atoms with Crippen LogP contribution in [0, 0.1) is 5.92 Å². The van der Waals surface area contributed by atoms with E-state index < -0.39 is 5.97 Å². The Balaban J connectivity index is 1.69. The van der Waals surface area contributed by atoms with E-state index in [0.29, 0.717) is 25.1 Å². The number of rotatable bonds is 7. The van der Waals surface area contributed by atoms with Gasteiger partial charge >= 0.3 is 12.0 Å². The lowest BCUT2D eigenvalue weighted by molar-refractivity contribution is 0.0695. The molecular weight excluding hydrogens is 256 g/mol. The van der Waals surface area contributed by atoms with Crippen molar-refractivity contribution in [3.8, 4) is 0 Å². The molecule has 0 bridgehead atoms. The second-order valence-corrected chi connectivity index (χ2v) is 5.13. The summed E-state index contributed by atoms with van der Waals surface area (Å²) in [4.78, 5) is 22.5. The number of carboxylic acid groups (broad SMARTS) is 1. The molecule has 2 amide bonds. The van der Waals surface area contributed by atoms with Crippen molar-refractivity contribution in [3.63, 3.8) is 0 Å². The van der Waals surface area contributed by atoms with Gasteiger partial charge in [0.1, 0.15) is 0 Å². The molecule has 0 radical (unpaired) electrons. The molecule has 0 atom stereocenters. The van der Waals surface area contributed by atoms with Gasteiger partial charge in [0.15, 0.2) is 0 Å². The molecule has 1 fully saturated rings. The fraction of sp³-hybridized carbons (Fsp3) is 0.467. The zero-order valence-corrected chi connectivity index (χ0v) is 11.4. The molecule has 0 saturated heterocycles. The van der Waals surface area contributed by atoms with Crippen molar-refractivity contribution in [1.82, 2.24) is 10.6 Å². The van der Waals surface area contributed by atoms with Crippen LogP contribution in [-0.2, 0) is 6.42 Å². The molecule has 0 aliphatic heterocycles. The summed E-state index contributed by atoms with van der Waals surface area (Å²) in [5, 5.41) is 14.6. The number of carbonyl (C=O) groups is 2. The molecule has 0 unspecified atom stereocenters. The van der Waals surface area contributed by atoms with E-state index in [2.05, 4.69) is 10.6 Å². The minimum Gasteiger partial charge on any atom is -0.478 e. The van der Waals surface area contributed by atoms with Crippen LogP contribution in [0.1, 0.15) is 35.2 Å². The minimum absolute atomic E-state index is 0.182. The monoisotopic (exact) mass is 276 g/mol. The highest BCUT2D eigenvalue weighted by Gasteiger charge is 2.20. The highest BCUT2D eigenvalue weighted by Crippen LogP contribution is 2.31. The standard InChI is InChI=1S/C15H20N2O3/c18-14(19)13-4-2-1-3-12(13)8-10-17-15(20)16-9-7-11-5-6-11/h1-4,11H,5-10H2,(H,18,19)(H2,16,17,20). The van der Waals surface area contributed by atoms with E-state index in [4.69, 9.17) is 5.11 Å². The molecule has 1 saturated carbocycles. The van der Waals surface area contributed by atoms with E-state index in [1.807, 2.05) is 0 Å². The van der Waals surface area contributed by atoms with Crippen LogP contribution in [-0.4, -0.2) is 30.2 Å². The normalized spacial score (nSPS) is 13.8. The maximum absolute atomic E-state index is 11.5. The average molecular weight is 276 g/mol. The zero-order chi connectivity index (χ0) is 14.4. The maximum atomic E-state index is 11.5. The Morgan fingerprint density at radius 2 is 1.85 bits per heavy atom. The van der Waals surface area contributed by atoms with Gasteiger partial charge in [-0.05, 0) is 30.4 Å². The van der Waals surface area contributed by atoms with Gasteiger partial charge in [0, 0.05) is 13.1 Å². The third kappa shape index (κ3) is 4.57. The number of nitrogens with one attached hydrogen (secondary N) is 2.